The zero-order chi connectivity index (χ0) is 21.9. The van der Waals surface area contributed by atoms with Crippen molar-refractivity contribution < 1.29 is 9.26 Å². The molecule has 7 nitrogen and oxygen atoms in total. The van der Waals surface area contributed by atoms with Crippen molar-refractivity contribution in [2.24, 2.45) is 5.73 Å². The second-order valence-electron chi connectivity index (χ2n) is 7.21. The first-order valence-electron chi connectivity index (χ1n) is 10.8. The molecule has 0 saturated carbocycles. The van der Waals surface area contributed by atoms with Gasteiger partial charge in [0.25, 0.3) is 0 Å². The number of rotatable bonds is 11. The van der Waals surface area contributed by atoms with Crippen LogP contribution >= 0.6 is 0 Å². The second kappa shape index (κ2) is 11.9. The molecule has 0 unspecified atom stereocenters. The Balaban J connectivity index is 1.48. The quantitative estimate of drug-likeness (QED) is 0.379. The molecule has 164 valence electrons. The van der Waals surface area contributed by atoms with Gasteiger partial charge in [-0.3, -0.25) is 0 Å². The molecule has 1 aromatic carbocycles. The van der Waals surface area contributed by atoms with E-state index in [1.807, 2.05) is 36.5 Å². The van der Waals surface area contributed by atoms with Gasteiger partial charge in [-0.15, -0.1) is 0 Å². The summed E-state index contributed by atoms with van der Waals surface area (Å²) in [6.45, 7) is 9.18. The summed E-state index contributed by atoms with van der Waals surface area (Å²) >= 11 is 0. The zero-order valence-corrected chi connectivity index (χ0v) is 18.4. The molecule has 0 amide bonds. The Labute approximate surface area is 184 Å². The number of ether oxygens (including phenoxy) is 1. The van der Waals surface area contributed by atoms with Crippen molar-refractivity contribution in [3.63, 3.8) is 0 Å². The Bertz CT molecular complexity index is 981. The van der Waals surface area contributed by atoms with E-state index < -0.39 is 0 Å². The molecular weight excluding hydrogens is 390 g/mol. The number of likely N-dealkylation sites (N-methyl/N-ethyl adjacent to an activating group) is 1. The molecule has 7 heteroatoms. The van der Waals surface area contributed by atoms with Crippen LogP contribution in [0.5, 0.6) is 5.75 Å². The summed E-state index contributed by atoms with van der Waals surface area (Å²) < 4.78 is 13.2. The van der Waals surface area contributed by atoms with Crippen LogP contribution in [0.25, 0.3) is 0 Å². The van der Waals surface area contributed by atoms with Crippen LogP contribution in [0.1, 0.15) is 43.1 Å². The fourth-order valence-electron chi connectivity index (χ4n) is 3.28. The second-order valence-corrected chi connectivity index (χ2v) is 7.21. The lowest BCUT2D eigenvalue weighted by molar-refractivity contribution is 0.245. The van der Waals surface area contributed by atoms with Crippen molar-refractivity contribution in [3.05, 3.63) is 65.6 Å². The SMILES string of the molecule is CCc1nccn1Cc1cc(C#Cc2ccc(OCCCN(CC)CCN)cc2)on1. The van der Waals surface area contributed by atoms with E-state index in [9.17, 15) is 0 Å². The topological polar surface area (TPSA) is 82.3 Å². The third-order valence-electron chi connectivity index (χ3n) is 4.97. The third kappa shape index (κ3) is 6.99. The van der Waals surface area contributed by atoms with Crippen molar-refractivity contribution in [3.8, 4) is 17.6 Å². The summed E-state index contributed by atoms with van der Waals surface area (Å²) in [5.41, 5.74) is 7.34. The number of benzene rings is 1. The highest BCUT2D eigenvalue weighted by molar-refractivity contribution is 5.41. The number of aromatic nitrogens is 3. The molecule has 0 saturated heterocycles. The van der Waals surface area contributed by atoms with E-state index in [4.69, 9.17) is 15.0 Å². The highest BCUT2D eigenvalue weighted by Crippen LogP contribution is 2.13. The van der Waals surface area contributed by atoms with Crippen molar-refractivity contribution in [2.75, 3.05) is 32.8 Å². The van der Waals surface area contributed by atoms with Crippen LogP contribution in [0.15, 0.2) is 47.2 Å². The summed E-state index contributed by atoms with van der Waals surface area (Å²) in [5, 5.41) is 4.11. The predicted molar refractivity (Wildman–Crippen MR) is 121 cm³/mol. The molecule has 0 aliphatic heterocycles. The molecule has 0 aliphatic carbocycles. The van der Waals surface area contributed by atoms with Crippen molar-refractivity contribution >= 4 is 0 Å². The van der Waals surface area contributed by atoms with Gasteiger partial charge in [0.2, 0.25) is 5.76 Å². The standard InChI is InChI=1S/C24H31N5O2/c1-3-24-26-13-16-29(24)19-21-18-23(31-27-21)11-8-20-6-9-22(10-7-20)30-17-5-14-28(4-2)15-12-25/h6-7,9-10,13,16,18H,3-5,12,14-15,17,19,25H2,1-2H3. The number of hydrogen-bond acceptors (Lipinski definition) is 6. The molecule has 2 aromatic heterocycles. The van der Waals surface area contributed by atoms with Crippen LogP contribution in [0.2, 0.25) is 0 Å². The fraction of sp³-hybridized carbons (Fsp3) is 0.417. The lowest BCUT2D eigenvalue weighted by Crippen LogP contribution is -2.30. The first-order valence-corrected chi connectivity index (χ1v) is 10.8. The number of aryl methyl sites for hydroxylation is 1. The zero-order valence-electron chi connectivity index (χ0n) is 18.4. The van der Waals surface area contributed by atoms with E-state index >= 15 is 0 Å². The van der Waals surface area contributed by atoms with E-state index in [0.717, 1.165) is 55.3 Å². The Kier molecular flexibility index (Phi) is 8.71. The van der Waals surface area contributed by atoms with Gasteiger partial charge in [0.1, 0.15) is 17.3 Å². The Morgan fingerprint density at radius 3 is 2.74 bits per heavy atom. The lowest BCUT2D eigenvalue weighted by atomic mass is 10.2. The van der Waals surface area contributed by atoms with Crippen molar-refractivity contribution in [1.82, 2.24) is 19.6 Å². The van der Waals surface area contributed by atoms with Gasteiger partial charge in [-0.2, -0.15) is 0 Å². The van der Waals surface area contributed by atoms with Gasteiger partial charge < -0.3 is 24.5 Å². The van der Waals surface area contributed by atoms with Gasteiger partial charge in [0.05, 0.1) is 13.2 Å². The molecule has 0 bridgehead atoms. The molecule has 3 aromatic rings. The van der Waals surface area contributed by atoms with Crippen LogP contribution in [-0.2, 0) is 13.0 Å². The molecule has 0 fully saturated rings. The van der Waals surface area contributed by atoms with Crippen LogP contribution in [-0.4, -0.2) is 52.4 Å². The van der Waals surface area contributed by atoms with E-state index in [2.05, 4.69) is 45.3 Å². The molecule has 2 heterocycles. The maximum Gasteiger partial charge on any atom is 0.210 e. The number of hydrogen-bond donors (Lipinski definition) is 1. The predicted octanol–water partition coefficient (Wildman–Crippen LogP) is 2.93. The minimum atomic E-state index is 0.548. The molecule has 0 aliphatic rings. The lowest BCUT2D eigenvalue weighted by Gasteiger charge is -2.19. The molecule has 0 spiro atoms. The van der Waals surface area contributed by atoms with E-state index in [-0.39, 0.29) is 0 Å². The van der Waals surface area contributed by atoms with Crippen LogP contribution in [0.4, 0.5) is 0 Å². The normalized spacial score (nSPS) is 10.8. The summed E-state index contributed by atoms with van der Waals surface area (Å²) in [6, 6.07) is 9.65. The van der Waals surface area contributed by atoms with Gasteiger partial charge >= 0.3 is 0 Å². The van der Waals surface area contributed by atoms with Crippen molar-refractivity contribution in [1.29, 1.82) is 0 Å². The van der Waals surface area contributed by atoms with Crippen LogP contribution in [0.3, 0.4) is 0 Å². The smallest absolute Gasteiger partial charge is 0.210 e. The first-order chi connectivity index (χ1) is 15.2. The Morgan fingerprint density at radius 2 is 2.00 bits per heavy atom. The minimum absolute atomic E-state index is 0.548. The number of nitrogens with two attached hydrogens (primary N) is 1. The van der Waals surface area contributed by atoms with Gasteiger partial charge in [0, 0.05) is 50.1 Å². The Morgan fingerprint density at radius 1 is 1.16 bits per heavy atom. The van der Waals surface area contributed by atoms with Gasteiger partial charge in [-0.25, -0.2) is 4.98 Å². The van der Waals surface area contributed by atoms with Crippen molar-refractivity contribution in [2.45, 2.75) is 33.2 Å². The summed E-state index contributed by atoms with van der Waals surface area (Å²) in [4.78, 5) is 6.65. The van der Waals surface area contributed by atoms with Crippen LogP contribution in [0, 0.1) is 11.8 Å². The van der Waals surface area contributed by atoms with E-state index in [1.165, 1.54) is 0 Å². The fourth-order valence-corrected chi connectivity index (χ4v) is 3.28. The molecule has 0 atom stereocenters. The minimum Gasteiger partial charge on any atom is -0.494 e. The molecule has 0 radical (unpaired) electrons. The molecule has 2 N–H and O–H groups in total. The largest absolute Gasteiger partial charge is 0.494 e. The van der Waals surface area contributed by atoms with Gasteiger partial charge in [-0.1, -0.05) is 24.9 Å². The maximum atomic E-state index is 5.83. The van der Waals surface area contributed by atoms with E-state index in [0.29, 0.717) is 25.5 Å². The Hall–Kier alpha value is -3.08. The molecule has 31 heavy (non-hydrogen) atoms. The average Bonchev–Trinajstić information content (AvgIpc) is 3.44. The van der Waals surface area contributed by atoms with E-state index in [1.54, 1.807) is 6.20 Å². The summed E-state index contributed by atoms with van der Waals surface area (Å²) in [5.74, 6) is 8.56. The highest BCUT2D eigenvalue weighted by atomic mass is 16.5. The summed E-state index contributed by atoms with van der Waals surface area (Å²) in [7, 11) is 0. The number of nitrogens with zero attached hydrogens (tertiary/aromatic N) is 4. The maximum absolute atomic E-state index is 5.83. The third-order valence-corrected chi connectivity index (χ3v) is 4.97. The monoisotopic (exact) mass is 421 g/mol. The van der Waals surface area contributed by atoms with Crippen LogP contribution < -0.4 is 10.5 Å². The van der Waals surface area contributed by atoms with Gasteiger partial charge in [-0.05, 0) is 43.2 Å². The highest BCUT2D eigenvalue weighted by Gasteiger charge is 2.06. The first kappa shape index (κ1) is 22.6. The molecule has 3 rings (SSSR count). The number of imidazole rings is 1. The molecular formula is C24H31N5O2. The van der Waals surface area contributed by atoms with Gasteiger partial charge in [0.15, 0.2) is 0 Å². The summed E-state index contributed by atoms with van der Waals surface area (Å²) in [6.07, 6.45) is 5.60. The average molecular weight is 422 g/mol.